The molecule has 1 atom stereocenters. The molecule has 1 aliphatic rings. The van der Waals surface area contributed by atoms with E-state index in [0.29, 0.717) is 12.1 Å². The monoisotopic (exact) mass is 203 g/mol. The number of nitrogens with zero attached hydrogens (tertiary/aromatic N) is 1. The third-order valence-corrected chi connectivity index (χ3v) is 2.44. The molecule has 78 valence electrons. The van der Waals surface area contributed by atoms with E-state index in [1.807, 2.05) is 31.2 Å². The molecule has 0 saturated heterocycles. The minimum Gasteiger partial charge on any atom is -0.399 e. The van der Waals surface area contributed by atoms with Crippen molar-refractivity contribution >= 4 is 17.3 Å². The lowest BCUT2D eigenvalue weighted by Gasteiger charge is -2.19. The van der Waals surface area contributed by atoms with Gasteiger partial charge in [-0.05, 0) is 12.1 Å². The largest absolute Gasteiger partial charge is 0.399 e. The van der Waals surface area contributed by atoms with E-state index in [2.05, 4.69) is 10.5 Å². The van der Waals surface area contributed by atoms with E-state index in [4.69, 9.17) is 5.73 Å². The van der Waals surface area contributed by atoms with Gasteiger partial charge < -0.3 is 5.73 Å². The van der Waals surface area contributed by atoms with Gasteiger partial charge in [-0.2, -0.15) is 5.10 Å². The number of nitrogens with one attached hydrogen (secondary N) is 1. The Morgan fingerprint density at radius 2 is 2.33 bits per heavy atom. The first-order chi connectivity index (χ1) is 7.16. The van der Waals surface area contributed by atoms with Gasteiger partial charge in [0.25, 0.3) is 0 Å². The van der Waals surface area contributed by atoms with Crippen LogP contribution in [0.25, 0.3) is 0 Å². The highest BCUT2D eigenvalue weighted by Crippen LogP contribution is 2.17. The van der Waals surface area contributed by atoms with Crippen molar-refractivity contribution in [3.05, 3.63) is 29.8 Å². The third-order valence-electron chi connectivity index (χ3n) is 2.44. The first-order valence-electron chi connectivity index (χ1n) is 4.89. The van der Waals surface area contributed by atoms with Gasteiger partial charge in [-0.15, -0.1) is 0 Å². The van der Waals surface area contributed by atoms with Crippen LogP contribution in [0.15, 0.2) is 29.4 Å². The zero-order chi connectivity index (χ0) is 10.8. The normalized spacial score (nSPS) is 20.7. The Kier molecular flexibility index (Phi) is 2.41. The van der Waals surface area contributed by atoms with Crippen LogP contribution in [0.2, 0.25) is 0 Å². The zero-order valence-electron chi connectivity index (χ0n) is 8.53. The number of nitrogen functional groups attached to an aromatic ring is 1. The molecule has 0 spiro atoms. The number of rotatable bonds is 1. The highest BCUT2D eigenvalue weighted by molar-refractivity contribution is 6.06. The summed E-state index contributed by atoms with van der Waals surface area (Å²) in [6, 6.07) is 7.53. The highest BCUT2D eigenvalue weighted by Gasteiger charge is 2.21. The highest BCUT2D eigenvalue weighted by atomic mass is 16.2. The molecule has 1 unspecified atom stereocenters. The van der Waals surface area contributed by atoms with Gasteiger partial charge in [0.2, 0.25) is 5.91 Å². The fourth-order valence-corrected chi connectivity index (χ4v) is 1.70. The molecule has 1 aromatic carbocycles. The summed E-state index contributed by atoms with van der Waals surface area (Å²) in [4.78, 5) is 11.1. The molecule has 1 heterocycles. The number of hydrogen-bond donors (Lipinski definition) is 2. The molecule has 2 rings (SSSR count). The molecule has 0 aliphatic carbocycles. The van der Waals surface area contributed by atoms with Crippen LogP contribution in [-0.4, -0.2) is 11.6 Å². The molecule has 15 heavy (non-hydrogen) atoms. The second-order valence-electron chi connectivity index (χ2n) is 3.76. The van der Waals surface area contributed by atoms with E-state index < -0.39 is 0 Å². The molecule has 1 aliphatic heterocycles. The van der Waals surface area contributed by atoms with E-state index in [9.17, 15) is 4.79 Å². The number of hydrazone groups is 1. The summed E-state index contributed by atoms with van der Waals surface area (Å²) in [6.07, 6.45) is 0.480. The average molecular weight is 203 g/mol. The number of carbonyl (C=O) groups excluding carboxylic acids is 1. The summed E-state index contributed by atoms with van der Waals surface area (Å²) >= 11 is 0. The number of nitrogens with two attached hydrogens (primary N) is 1. The van der Waals surface area contributed by atoms with E-state index >= 15 is 0 Å². The lowest BCUT2D eigenvalue weighted by molar-refractivity contribution is -0.121. The predicted octanol–water partition coefficient (Wildman–Crippen LogP) is 1.13. The first kappa shape index (κ1) is 9.71. The quantitative estimate of drug-likeness (QED) is 0.672. The molecule has 0 saturated carbocycles. The van der Waals surface area contributed by atoms with Gasteiger partial charge >= 0.3 is 0 Å². The Hall–Kier alpha value is -1.84. The molecule has 3 N–H and O–H groups in total. The Morgan fingerprint density at radius 3 is 3.00 bits per heavy atom. The Morgan fingerprint density at radius 1 is 1.53 bits per heavy atom. The Balaban J connectivity index is 2.35. The van der Waals surface area contributed by atoms with Crippen molar-refractivity contribution in [2.45, 2.75) is 13.3 Å². The topological polar surface area (TPSA) is 67.5 Å². The van der Waals surface area contributed by atoms with Crippen LogP contribution < -0.4 is 11.2 Å². The first-order valence-corrected chi connectivity index (χ1v) is 4.89. The van der Waals surface area contributed by atoms with E-state index in [0.717, 1.165) is 11.3 Å². The Labute approximate surface area is 88.2 Å². The molecule has 0 bridgehead atoms. The minimum absolute atomic E-state index is 0.0323. The SMILES string of the molecule is CC1CC(=O)NN=C1c1cccc(N)c1. The summed E-state index contributed by atoms with van der Waals surface area (Å²) in [5.41, 5.74) is 10.8. The molecule has 1 aromatic rings. The van der Waals surface area contributed by atoms with Gasteiger partial charge in [0.1, 0.15) is 0 Å². The molecular formula is C11H13N3O. The standard InChI is InChI=1S/C11H13N3O/c1-7-5-10(15)13-14-11(7)8-3-2-4-9(12)6-8/h2-4,6-7H,5,12H2,1H3,(H,13,15). The van der Waals surface area contributed by atoms with E-state index in [1.54, 1.807) is 0 Å². The Bertz CT molecular complexity index is 426. The van der Waals surface area contributed by atoms with Crippen molar-refractivity contribution in [3.8, 4) is 0 Å². The van der Waals surface area contributed by atoms with Crippen LogP contribution in [0.1, 0.15) is 18.9 Å². The summed E-state index contributed by atoms with van der Waals surface area (Å²) < 4.78 is 0. The number of amides is 1. The lowest BCUT2D eigenvalue weighted by atomic mass is 9.94. The third kappa shape index (κ3) is 1.98. The fourth-order valence-electron chi connectivity index (χ4n) is 1.70. The van der Waals surface area contributed by atoms with Gasteiger partial charge in [0, 0.05) is 23.6 Å². The molecule has 4 heteroatoms. The van der Waals surface area contributed by atoms with Crippen molar-refractivity contribution in [1.29, 1.82) is 0 Å². The van der Waals surface area contributed by atoms with Crippen molar-refractivity contribution < 1.29 is 4.79 Å². The lowest BCUT2D eigenvalue weighted by Crippen LogP contribution is -2.31. The summed E-state index contributed by atoms with van der Waals surface area (Å²) in [7, 11) is 0. The molecular weight excluding hydrogens is 190 g/mol. The zero-order valence-corrected chi connectivity index (χ0v) is 8.53. The van der Waals surface area contributed by atoms with Gasteiger partial charge in [0.15, 0.2) is 0 Å². The maximum absolute atomic E-state index is 11.1. The molecule has 1 amide bonds. The van der Waals surface area contributed by atoms with Crippen LogP contribution in [0.4, 0.5) is 5.69 Å². The van der Waals surface area contributed by atoms with Gasteiger partial charge in [-0.3, -0.25) is 4.79 Å². The molecule has 0 fully saturated rings. The second kappa shape index (κ2) is 3.73. The smallest absolute Gasteiger partial charge is 0.240 e. The summed E-state index contributed by atoms with van der Waals surface area (Å²) in [6.45, 7) is 1.99. The minimum atomic E-state index is -0.0323. The van der Waals surface area contributed by atoms with Crippen molar-refractivity contribution in [2.24, 2.45) is 11.0 Å². The van der Waals surface area contributed by atoms with Crippen LogP contribution in [0, 0.1) is 5.92 Å². The maximum atomic E-state index is 11.1. The van der Waals surface area contributed by atoms with Crippen LogP contribution >= 0.6 is 0 Å². The molecule has 0 radical (unpaired) electrons. The van der Waals surface area contributed by atoms with Crippen LogP contribution in [0.3, 0.4) is 0 Å². The van der Waals surface area contributed by atoms with Crippen LogP contribution in [-0.2, 0) is 4.79 Å². The molecule has 4 nitrogen and oxygen atoms in total. The number of hydrogen-bond acceptors (Lipinski definition) is 3. The van der Waals surface area contributed by atoms with Gasteiger partial charge in [0.05, 0.1) is 5.71 Å². The van der Waals surface area contributed by atoms with Crippen molar-refractivity contribution in [2.75, 3.05) is 5.73 Å². The summed E-state index contributed by atoms with van der Waals surface area (Å²) in [5, 5.41) is 4.06. The predicted molar refractivity (Wildman–Crippen MR) is 59.3 cm³/mol. The average Bonchev–Trinajstić information content (AvgIpc) is 2.17. The van der Waals surface area contributed by atoms with Crippen LogP contribution in [0.5, 0.6) is 0 Å². The fraction of sp³-hybridized carbons (Fsp3) is 0.273. The maximum Gasteiger partial charge on any atom is 0.240 e. The number of anilines is 1. The second-order valence-corrected chi connectivity index (χ2v) is 3.76. The van der Waals surface area contributed by atoms with Crippen molar-refractivity contribution in [1.82, 2.24) is 5.43 Å². The van der Waals surface area contributed by atoms with E-state index in [-0.39, 0.29) is 11.8 Å². The van der Waals surface area contributed by atoms with Gasteiger partial charge in [-0.1, -0.05) is 19.1 Å². The number of benzene rings is 1. The van der Waals surface area contributed by atoms with E-state index in [1.165, 1.54) is 0 Å². The van der Waals surface area contributed by atoms with Crippen molar-refractivity contribution in [3.63, 3.8) is 0 Å². The van der Waals surface area contributed by atoms with Gasteiger partial charge in [-0.25, -0.2) is 5.43 Å². The number of carbonyl (C=O) groups is 1. The molecule has 0 aromatic heterocycles. The summed E-state index contributed by atoms with van der Waals surface area (Å²) in [5.74, 6) is 0.107.